The van der Waals surface area contributed by atoms with Crippen molar-refractivity contribution in [2.24, 2.45) is 11.7 Å². The van der Waals surface area contributed by atoms with Crippen molar-refractivity contribution in [3.05, 3.63) is 135 Å². The second-order valence-electron chi connectivity index (χ2n) is 13.0. The number of ether oxygens (including phenoxy) is 1. The van der Waals surface area contributed by atoms with Gasteiger partial charge >= 0.3 is 0 Å². The summed E-state index contributed by atoms with van der Waals surface area (Å²) in [6.07, 6.45) is 8.12. The minimum atomic E-state index is -0.510. The van der Waals surface area contributed by atoms with Gasteiger partial charge in [-0.3, -0.25) is 14.5 Å². The number of anilines is 1. The van der Waals surface area contributed by atoms with E-state index in [-0.39, 0.29) is 29.3 Å². The van der Waals surface area contributed by atoms with E-state index in [9.17, 15) is 14.7 Å². The zero-order chi connectivity index (χ0) is 35.2. The topological polar surface area (TPSA) is 122 Å². The first kappa shape index (κ1) is 35.0. The monoisotopic (exact) mass is 677 g/mol. The van der Waals surface area contributed by atoms with Gasteiger partial charge in [-0.2, -0.15) is 0 Å². The van der Waals surface area contributed by atoms with Crippen LogP contribution in [0.4, 0.5) is 10.1 Å². The Labute approximate surface area is 291 Å². The summed E-state index contributed by atoms with van der Waals surface area (Å²) in [7, 11) is 0. The number of nitrogens with two attached hydrogens (primary N) is 1. The van der Waals surface area contributed by atoms with Crippen molar-refractivity contribution >= 4 is 22.7 Å². The van der Waals surface area contributed by atoms with Crippen LogP contribution in [0, 0.1) is 18.7 Å². The Morgan fingerprint density at radius 2 is 1.82 bits per heavy atom. The predicted octanol–water partition coefficient (Wildman–Crippen LogP) is 5.73. The first-order valence-electron chi connectivity index (χ1n) is 17.1. The van der Waals surface area contributed by atoms with Crippen molar-refractivity contribution < 1.29 is 19.0 Å². The van der Waals surface area contributed by atoms with Gasteiger partial charge in [0.1, 0.15) is 17.5 Å². The maximum absolute atomic E-state index is 15.1. The largest absolute Gasteiger partial charge is 0.396 e. The molecule has 0 saturated carbocycles. The molecule has 50 heavy (non-hydrogen) atoms. The predicted molar refractivity (Wildman–Crippen MR) is 195 cm³/mol. The van der Waals surface area contributed by atoms with E-state index in [1.165, 1.54) is 0 Å². The highest BCUT2D eigenvalue weighted by atomic mass is 19.1. The third kappa shape index (κ3) is 8.11. The number of halogens is 1. The van der Waals surface area contributed by atoms with E-state index in [2.05, 4.69) is 22.5 Å². The average Bonchev–Trinajstić information content (AvgIpc) is 3.64. The van der Waals surface area contributed by atoms with Crippen molar-refractivity contribution in [1.82, 2.24) is 14.8 Å². The summed E-state index contributed by atoms with van der Waals surface area (Å²) in [4.78, 5) is 29.4. The number of dihydropyridines is 1. The molecule has 3 aromatic carbocycles. The molecule has 9 nitrogen and oxygen atoms in total. The average molecular weight is 678 g/mol. The quantitative estimate of drug-likeness (QED) is 0.151. The van der Waals surface area contributed by atoms with E-state index in [1.807, 2.05) is 66.1 Å². The Morgan fingerprint density at radius 3 is 2.50 bits per heavy atom. The Balaban J connectivity index is 1.21. The van der Waals surface area contributed by atoms with Crippen molar-refractivity contribution in [1.29, 1.82) is 0 Å². The van der Waals surface area contributed by atoms with Gasteiger partial charge in [-0.25, -0.2) is 4.39 Å². The molecule has 1 saturated heterocycles. The minimum absolute atomic E-state index is 0.0361. The number of hydrogen-bond donors (Lipinski definition) is 4. The highest BCUT2D eigenvalue weighted by molar-refractivity contribution is 6.04. The maximum Gasteiger partial charge on any atom is 0.261 e. The molecule has 0 radical (unpaired) electrons. The van der Waals surface area contributed by atoms with Gasteiger partial charge in [0, 0.05) is 61.6 Å². The van der Waals surface area contributed by atoms with E-state index in [0.717, 1.165) is 46.4 Å². The highest BCUT2D eigenvalue weighted by Gasteiger charge is 2.21. The van der Waals surface area contributed by atoms with Gasteiger partial charge in [0.2, 0.25) is 5.43 Å². The molecule has 1 amide bonds. The number of aliphatic hydroxyl groups excluding tert-OH is 1. The van der Waals surface area contributed by atoms with Gasteiger partial charge in [-0.1, -0.05) is 67.4 Å². The van der Waals surface area contributed by atoms with E-state index in [1.54, 1.807) is 36.8 Å². The van der Waals surface area contributed by atoms with Crippen LogP contribution in [0.5, 0.6) is 0 Å². The van der Waals surface area contributed by atoms with Crippen LogP contribution < -0.4 is 21.8 Å². The molecule has 1 fully saturated rings. The molecular formula is C40H44FN5O4. The summed E-state index contributed by atoms with van der Waals surface area (Å²) in [6.45, 7) is 7.14. The first-order valence-corrected chi connectivity index (χ1v) is 17.1. The van der Waals surface area contributed by atoms with Gasteiger partial charge in [0.15, 0.2) is 0 Å². The molecule has 5 N–H and O–H groups in total. The minimum Gasteiger partial charge on any atom is -0.396 e. The molecule has 1 aromatic heterocycles. The number of hydrogen-bond acceptors (Lipinski definition) is 7. The standard InChI is InChI=1S/C40H44FN5O4/c1-3-27(14-16-47)21-46-23-35(29-6-4-26(2)5-7-29)38(48)36(24-46)40(49)44-33-12-10-28(11-13-33)34-18-32(20-43-39(34)42)30-8-9-31(37(41)19-30)22-45-15-17-50-25-45/h4-13,18-20,23-24,27,39,43,47H,3,14-17,21-22,25,42H2,1-2H3,(H,44,49). The molecular weight excluding hydrogens is 633 g/mol. The van der Waals surface area contributed by atoms with Crippen LogP contribution in [0.3, 0.4) is 0 Å². The van der Waals surface area contributed by atoms with Crippen LogP contribution in [-0.2, 0) is 17.8 Å². The Kier molecular flexibility index (Phi) is 11.0. The van der Waals surface area contributed by atoms with Crippen LogP contribution in [-0.4, -0.2) is 53.1 Å². The fourth-order valence-corrected chi connectivity index (χ4v) is 6.36. The third-order valence-corrected chi connectivity index (χ3v) is 9.42. The normalized spacial score (nSPS) is 16.8. The summed E-state index contributed by atoms with van der Waals surface area (Å²) >= 11 is 0. The molecule has 0 spiro atoms. The molecule has 2 aliphatic rings. The fraction of sp³-hybridized carbons (Fsp3) is 0.300. The summed E-state index contributed by atoms with van der Waals surface area (Å²) in [5.74, 6) is -0.591. The molecule has 10 heteroatoms. The highest BCUT2D eigenvalue weighted by Crippen LogP contribution is 2.29. The lowest BCUT2D eigenvalue weighted by Gasteiger charge is -2.23. The third-order valence-electron chi connectivity index (χ3n) is 9.42. The summed E-state index contributed by atoms with van der Waals surface area (Å²) in [5, 5.41) is 15.6. The summed E-state index contributed by atoms with van der Waals surface area (Å²) in [6, 6.07) is 20.2. The van der Waals surface area contributed by atoms with Gasteiger partial charge in [0.05, 0.1) is 13.3 Å². The Hall–Kier alpha value is -4.87. The number of aliphatic hydroxyl groups is 1. The van der Waals surface area contributed by atoms with E-state index < -0.39 is 12.1 Å². The molecule has 0 bridgehead atoms. The van der Waals surface area contributed by atoms with Crippen molar-refractivity contribution in [3.63, 3.8) is 0 Å². The van der Waals surface area contributed by atoms with Gasteiger partial charge in [0.25, 0.3) is 5.91 Å². The van der Waals surface area contributed by atoms with Gasteiger partial charge in [-0.05, 0) is 71.4 Å². The maximum atomic E-state index is 15.1. The van der Waals surface area contributed by atoms with Gasteiger partial charge < -0.3 is 30.8 Å². The molecule has 0 aliphatic carbocycles. The Morgan fingerprint density at radius 1 is 1.08 bits per heavy atom. The first-order chi connectivity index (χ1) is 24.2. The van der Waals surface area contributed by atoms with E-state index in [4.69, 9.17) is 10.5 Å². The number of carbonyl (C=O) groups excluding carboxylic acids is 1. The van der Waals surface area contributed by atoms with Crippen LogP contribution >= 0.6 is 0 Å². The van der Waals surface area contributed by atoms with Crippen molar-refractivity contribution in [2.45, 2.75) is 45.9 Å². The number of allylic oxidation sites excluding steroid dienone is 2. The summed E-state index contributed by atoms with van der Waals surface area (Å²) in [5.41, 5.74) is 12.6. The van der Waals surface area contributed by atoms with E-state index >= 15 is 4.39 Å². The molecule has 2 unspecified atom stereocenters. The lowest BCUT2D eigenvalue weighted by molar-refractivity contribution is 0.102. The van der Waals surface area contributed by atoms with E-state index in [0.29, 0.717) is 49.7 Å². The molecule has 4 aromatic rings. The SMILES string of the molecule is CCC(CCO)Cn1cc(C(=O)Nc2ccc(C3=CC(c4ccc(CN5CCOC5)c(F)c4)=CNC3N)cc2)c(=O)c(-c2ccc(C)cc2)c1. The number of nitrogens with zero attached hydrogens (tertiary/aromatic N) is 2. The summed E-state index contributed by atoms with van der Waals surface area (Å²) < 4.78 is 22.3. The second-order valence-corrected chi connectivity index (χ2v) is 13.0. The van der Waals surface area contributed by atoms with Crippen LogP contribution in [0.2, 0.25) is 0 Å². The molecule has 2 atom stereocenters. The number of aryl methyl sites for hydroxylation is 1. The number of aromatic nitrogens is 1. The molecule has 3 heterocycles. The van der Waals surface area contributed by atoms with Crippen LogP contribution in [0.15, 0.2) is 96.2 Å². The number of benzene rings is 3. The number of carbonyl (C=O) groups is 1. The Bertz CT molecular complexity index is 1950. The smallest absolute Gasteiger partial charge is 0.261 e. The van der Waals surface area contributed by atoms with Gasteiger partial charge in [-0.15, -0.1) is 0 Å². The zero-order valence-corrected chi connectivity index (χ0v) is 28.5. The van der Waals surface area contributed by atoms with Crippen molar-refractivity contribution in [2.75, 3.05) is 31.8 Å². The zero-order valence-electron chi connectivity index (χ0n) is 28.5. The number of rotatable bonds is 12. The molecule has 6 rings (SSSR count). The number of pyridine rings is 1. The molecule has 260 valence electrons. The lowest BCUT2D eigenvalue weighted by atomic mass is 9.94. The second kappa shape index (κ2) is 15.8. The fourth-order valence-electron chi connectivity index (χ4n) is 6.36. The number of amides is 1. The number of nitrogens with one attached hydrogen (secondary N) is 2. The van der Waals surface area contributed by atoms with Crippen LogP contribution in [0.1, 0.15) is 52.4 Å². The van der Waals surface area contributed by atoms with Crippen molar-refractivity contribution in [3.8, 4) is 11.1 Å². The molecule has 2 aliphatic heterocycles. The van der Waals surface area contributed by atoms with Crippen LogP contribution in [0.25, 0.3) is 22.3 Å². The lowest BCUT2D eigenvalue weighted by Crippen LogP contribution is -2.36.